The van der Waals surface area contributed by atoms with E-state index >= 15 is 0 Å². The molecule has 0 radical (unpaired) electrons. The largest absolute Gasteiger partial charge is 0.375 e. The van der Waals surface area contributed by atoms with Crippen molar-refractivity contribution < 1.29 is 18.7 Å². The summed E-state index contributed by atoms with van der Waals surface area (Å²) in [5.74, 6) is 0.206. The number of likely N-dealkylation sites (N-methyl/N-ethyl adjacent to an activating group) is 1. The highest BCUT2D eigenvalue weighted by Gasteiger charge is 2.40. The molecule has 1 heterocycles. The molecule has 138 valence electrons. The molecule has 1 saturated heterocycles. The predicted octanol–water partition coefficient (Wildman–Crippen LogP) is 1.91. The van der Waals surface area contributed by atoms with E-state index in [1.165, 1.54) is 12.1 Å². The molecular formula is C19H27FN2O3. The smallest absolute Gasteiger partial charge is 0.248 e. The average molecular weight is 350 g/mol. The second-order valence-electron chi connectivity index (χ2n) is 7.21. The van der Waals surface area contributed by atoms with Gasteiger partial charge in [0.15, 0.2) is 0 Å². The third kappa shape index (κ3) is 4.77. The molecule has 1 aliphatic carbocycles. The molecule has 2 aliphatic rings. The summed E-state index contributed by atoms with van der Waals surface area (Å²) in [6, 6.07) is 7.10. The van der Waals surface area contributed by atoms with Crippen LogP contribution in [-0.2, 0) is 20.8 Å². The van der Waals surface area contributed by atoms with Crippen molar-refractivity contribution in [2.75, 3.05) is 40.5 Å². The van der Waals surface area contributed by atoms with Crippen LogP contribution in [0.1, 0.15) is 18.4 Å². The minimum Gasteiger partial charge on any atom is -0.375 e. The van der Waals surface area contributed by atoms with E-state index in [9.17, 15) is 9.18 Å². The summed E-state index contributed by atoms with van der Waals surface area (Å²) in [5.41, 5.74) is 1.12. The van der Waals surface area contributed by atoms with Gasteiger partial charge in [0.05, 0.1) is 19.3 Å². The zero-order valence-electron chi connectivity index (χ0n) is 15.0. The molecular weight excluding hydrogens is 323 g/mol. The van der Waals surface area contributed by atoms with Crippen molar-refractivity contribution in [3.8, 4) is 0 Å². The van der Waals surface area contributed by atoms with Crippen LogP contribution >= 0.6 is 0 Å². The zero-order valence-corrected chi connectivity index (χ0v) is 15.0. The Hall–Kier alpha value is -1.50. The summed E-state index contributed by atoms with van der Waals surface area (Å²) in [5, 5.41) is 0. The number of carbonyl (C=O) groups excluding carboxylic acids is 1. The molecule has 6 heteroatoms. The van der Waals surface area contributed by atoms with Crippen molar-refractivity contribution in [1.82, 2.24) is 9.80 Å². The highest BCUT2D eigenvalue weighted by molar-refractivity contribution is 5.76. The molecule has 1 amide bonds. The predicted molar refractivity (Wildman–Crippen MR) is 92.6 cm³/mol. The van der Waals surface area contributed by atoms with Crippen LogP contribution in [0, 0.1) is 11.7 Å². The topological polar surface area (TPSA) is 42.0 Å². The fourth-order valence-electron chi connectivity index (χ4n) is 3.72. The van der Waals surface area contributed by atoms with Crippen molar-refractivity contribution >= 4 is 5.91 Å². The van der Waals surface area contributed by atoms with Gasteiger partial charge in [0.2, 0.25) is 5.91 Å². The minimum absolute atomic E-state index is 0.00963. The lowest BCUT2D eigenvalue weighted by atomic mass is 10.1. The highest BCUT2D eigenvalue weighted by atomic mass is 19.1. The minimum atomic E-state index is -0.200. The van der Waals surface area contributed by atoms with Gasteiger partial charge < -0.3 is 14.4 Å². The Balaban J connectivity index is 1.51. The van der Waals surface area contributed by atoms with E-state index in [1.807, 2.05) is 12.1 Å². The molecule has 1 aromatic rings. The first kappa shape index (κ1) is 18.3. The number of fused-ring (bicyclic) bond motifs is 1. The van der Waals surface area contributed by atoms with Gasteiger partial charge >= 0.3 is 0 Å². The molecule has 0 N–H and O–H groups in total. The number of amides is 1. The molecule has 1 saturated carbocycles. The lowest BCUT2D eigenvalue weighted by Gasteiger charge is -2.37. The summed E-state index contributed by atoms with van der Waals surface area (Å²) in [6.07, 6.45) is 2.22. The van der Waals surface area contributed by atoms with Crippen molar-refractivity contribution in [3.05, 3.63) is 35.6 Å². The third-order valence-corrected chi connectivity index (χ3v) is 5.13. The van der Waals surface area contributed by atoms with Gasteiger partial charge in [0, 0.05) is 33.2 Å². The molecule has 0 aromatic heterocycles. The van der Waals surface area contributed by atoms with Gasteiger partial charge in [-0.2, -0.15) is 0 Å². The van der Waals surface area contributed by atoms with E-state index in [1.54, 1.807) is 19.0 Å². The molecule has 3 rings (SSSR count). The molecule has 1 aliphatic heterocycles. The highest BCUT2D eigenvalue weighted by Crippen LogP contribution is 2.35. The summed E-state index contributed by atoms with van der Waals surface area (Å²) >= 11 is 0. The molecule has 1 aromatic carbocycles. The fourth-order valence-corrected chi connectivity index (χ4v) is 3.72. The molecule has 0 spiro atoms. The van der Waals surface area contributed by atoms with E-state index in [0.717, 1.165) is 38.1 Å². The first-order valence-corrected chi connectivity index (χ1v) is 8.91. The summed E-state index contributed by atoms with van der Waals surface area (Å²) in [6.45, 7) is 3.18. The Morgan fingerprint density at radius 3 is 2.80 bits per heavy atom. The van der Waals surface area contributed by atoms with Gasteiger partial charge in [-0.15, -0.1) is 0 Å². The number of hydrogen-bond donors (Lipinski definition) is 0. The molecule has 25 heavy (non-hydrogen) atoms. The molecule has 5 nitrogen and oxygen atoms in total. The Labute approximate surface area is 148 Å². The summed E-state index contributed by atoms with van der Waals surface area (Å²) < 4.78 is 24.6. The first-order chi connectivity index (χ1) is 12.0. The number of rotatable bonds is 6. The van der Waals surface area contributed by atoms with Crippen LogP contribution in [0.25, 0.3) is 0 Å². The normalized spacial score (nSPS) is 26.4. The molecule has 0 bridgehead atoms. The van der Waals surface area contributed by atoms with E-state index < -0.39 is 0 Å². The quantitative estimate of drug-likeness (QED) is 0.786. The van der Waals surface area contributed by atoms with Crippen LogP contribution in [0.4, 0.5) is 4.39 Å². The Morgan fingerprint density at radius 2 is 2.08 bits per heavy atom. The number of morpholine rings is 1. The second-order valence-corrected chi connectivity index (χ2v) is 7.21. The lowest BCUT2D eigenvalue weighted by molar-refractivity contribution is -0.134. The summed E-state index contributed by atoms with van der Waals surface area (Å²) in [7, 11) is 3.47. The van der Waals surface area contributed by atoms with Crippen molar-refractivity contribution in [1.29, 1.82) is 0 Å². The van der Waals surface area contributed by atoms with Crippen LogP contribution in [0.5, 0.6) is 0 Å². The van der Waals surface area contributed by atoms with Crippen molar-refractivity contribution in [2.24, 2.45) is 5.92 Å². The number of carbonyl (C=O) groups is 1. The summed E-state index contributed by atoms with van der Waals surface area (Å²) in [4.78, 5) is 15.6. The van der Waals surface area contributed by atoms with Gasteiger partial charge in [-0.25, -0.2) is 4.39 Å². The SMILES string of the molecule is CN(C)C(=O)COCC1CC2OCCN(Cc3ccc(F)cc3)C2C1. The first-order valence-electron chi connectivity index (χ1n) is 8.91. The number of ether oxygens (including phenoxy) is 2. The van der Waals surface area contributed by atoms with Crippen LogP contribution in [-0.4, -0.2) is 68.3 Å². The maximum atomic E-state index is 13.1. The number of nitrogens with zero attached hydrogens (tertiary/aromatic N) is 2. The lowest BCUT2D eigenvalue weighted by Crippen LogP contribution is -2.47. The average Bonchev–Trinajstić information content (AvgIpc) is 3.00. The Bertz CT molecular complexity index is 579. The van der Waals surface area contributed by atoms with Crippen LogP contribution in [0.2, 0.25) is 0 Å². The fraction of sp³-hybridized carbons (Fsp3) is 0.632. The molecule has 2 fully saturated rings. The third-order valence-electron chi connectivity index (χ3n) is 5.13. The number of benzene rings is 1. The van der Waals surface area contributed by atoms with Gasteiger partial charge in [-0.1, -0.05) is 12.1 Å². The van der Waals surface area contributed by atoms with E-state index in [0.29, 0.717) is 18.6 Å². The van der Waals surface area contributed by atoms with E-state index in [4.69, 9.17) is 9.47 Å². The molecule has 3 unspecified atom stereocenters. The maximum absolute atomic E-state index is 13.1. The van der Waals surface area contributed by atoms with Crippen molar-refractivity contribution in [2.45, 2.75) is 31.5 Å². The van der Waals surface area contributed by atoms with Gasteiger partial charge in [-0.05, 0) is 36.5 Å². The van der Waals surface area contributed by atoms with E-state index in [2.05, 4.69) is 4.90 Å². The van der Waals surface area contributed by atoms with Gasteiger partial charge in [0.1, 0.15) is 12.4 Å². The molecule has 3 atom stereocenters. The van der Waals surface area contributed by atoms with E-state index in [-0.39, 0.29) is 24.4 Å². The van der Waals surface area contributed by atoms with Crippen LogP contribution < -0.4 is 0 Å². The zero-order chi connectivity index (χ0) is 17.8. The van der Waals surface area contributed by atoms with Crippen LogP contribution in [0.3, 0.4) is 0 Å². The monoisotopic (exact) mass is 350 g/mol. The Morgan fingerprint density at radius 1 is 1.32 bits per heavy atom. The van der Waals surface area contributed by atoms with Crippen LogP contribution in [0.15, 0.2) is 24.3 Å². The maximum Gasteiger partial charge on any atom is 0.248 e. The second kappa shape index (κ2) is 8.25. The van der Waals surface area contributed by atoms with Gasteiger partial charge in [0.25, 0.3) is 0 Å². The number of halogens is 1. The van der Waals surface area contributed by atoms with Crippen molar-refractivity contribution in [3.63, 3.8) is 0 Å². The van der Waals surface area contributed by atoms with Gasteiger partial charge in [-0.3, -0.25) is 9.69 Å². The number of hydrogen-bond acceptors (Lipinski definition) is 4. The standard InChI is InChI=1S/C19H27FN2O3/c1-21(2)19(23)13-24-12-15-9-17-18(10-15)25-8-7-22(17)11-14-3-5-16(20)6-4-14/h3-6,15,17-18H,7-13H2,1-2H3. The Kier molecular flexibility index (Phi) is 6.04.